The summed E-state index contributed by atoms with van der Waals surface area (Å²) in [6.07, 6.45) is 4.40. The van der Waals surface area contributed by atoms with Crippen LogP contribution in [0.15, 0.2) is 0 Å². The number of hydrogen-bond donors (Lipinski definition) is 1. The lowest BCUT2D eigenvalue weighted by Crippen LogP contribution is -2.35. The molecule has 2 heterocycles. The highest BCUT2D eigenvalue weighted by Gasteiger charge is 2.29. The van der Waals surface area contributed by atoms with Crippen molar-refractivity contribution in [3.05, 3.63) is 0 Å². The van der Waals surface area contributed by atoms with Crippen LogP contribution >= 0.6 is 0 Å². The van der Waals surface area contributed by atoms with Crippen molar-refractivity contribution in [3.63, 3.8) is 0 Å². The summed E-state index contributed by atoms with van der Waals surface area (Å²) in [6, 6.07) is 0. The smallest absolute Gasteiger partial charge is 0.222 e. The molecule has 2 fully saturated rings. The van der Waals surface area contributed by atoms with E-state index in [0.29, 0.717) is 30.1 Å². The molecule has 2 aliphatic rings. The maximum Gasteiger partial charge on any atom is 0.222 e. The van der Waals surface area contributed by atoms with Crippen molar-refractivity contribution < 1.29 is 9.53 Å². The lowest BCUT2D eigenvalue weighted by Gasteiger charge is -2.29. The Bertz CT molecular complexity index is 327. The first kappa shape index (κ1) is 16.8. The minimum atomic E-state index is 0.255. The maximum absolute atomic E-state index is 12.4. The number of piperidine rings is 1. The van der Waals surface area contributed by atoms with Crippen molar-refractivity contribution in [2.24, 2.45) is 17.8 Å². The Morgan fingerprint density at radius 3 is 2.62 bits per heavy atom. The Morgan fingerprint density at radius 2 is 1.95 bits per heavy atom. The largest absolute Gasteiger partial charge is 0.376 e. The summed E-state index contributed by atoms with van der Waals surface area (Å²) in [5.41, 5.74) is 0. The van der Waals surface area contributed by atoms with Crippen molar-refractivity contribution in [2.75, 3.05) is 32.8 Å². The Kier molecular flexibility index (Phi) is 6.49. The topological polar surface area (TPSA) is 41.6 Å². The van der Waals surface area contributed by atoms with Gasteiger partial charge in [-0.3, -0.25) is 4.79 Å². The molecule has 21 heavy (non-hydrogen) atoms. The number of carbonyl (C=O) groups is 1. The van der Waals surface area contributed by atoms with Gasteiger partial charge in [0.1, 0.15) is 0 Å². The van der Waals surface area contributed by atoms with Crippen LogP contribution in [-0.2, 0) is 9.53 Å². The van der Waals surface area contributed by atoms with Crippen molar-refractivity contribution in [1.82, 2.24) is 10.2 Å². The van der Waals surface area contributed by atoms with Crippen LogP contribution in [0.4, 0.5) is 0 Å². The molecule has 0 radical (unpaired) electrons. The first-order chi connectivity index (χ1) is 10.1. The van der Waals surface area contributed by atoms with E-state index in [0.717, 1.165) is 39.2 Å². The zero-order valence-corrected chi connectivity index (χ0v) is 13.9. The van der Waals surface area contributed by atoms with Gasteiger partial charge in [0.15, 0.2) is 0 Å². The highest BCUT2D eigenvalue weighted by molar-refractivity contribution is 5.76. The second kappa shape index (κ2) is 8.14. The molecule has 2 atom stereocenters. The molecule has 4 heteroatoms. The predicted molar refractivity (Wildman–Crippen MR) is 85.1 cm³/mol. The number of ether oxygens (including phenoxy) is 1. The molecule has 0 spiro atoms. The summed E-state index contributed by atoms with van der Waals surface area (Å²) in [5, 5.41) is 3.40. The number of likely N-dealkylation sites (tertiary alicyclic amines) is 1. The van der Waals surface area contributed by atoms with Gasteiger partial charge in [-0.15, -0.1) is 0 Å². The standard InChI is InChI=1S/C17H32N2O2/c1-13(2)12-21-16-6-9-19(11-16)17(20)10-14(3)15-4-7-18-8-5-15/h13-16,18H,4-12H2,1-3H3. The monoisotopic (exact) mass is 296 g/mol. The first-order valence-corrected chi connectivity index (χ1v) is 8.66. The third kappa shape index (κ3) is 5.26. The van der Waals surface area contributed by atoms with E-state index in [9.17, 15) is 4.79 Å². The fourth-order valence-corrected chi connectivity index (χ4v) is 3.40. The average Bonchev–Trinajstić information content (AvgIpc) is 2.95. The normalized spacial score (nSPS) is 25.5. The van der Waals surface area contributed by atoms with Crippen LogP contribution < -0.4 is 5.32 Å². The molecule has 1 N–H and O–H groups in total. The number of nitrogens with one attached hydrogen (secondary N) is 1. The lowest BCUT2D eigenvalue weighted by atomic mass is 9.84. The van der Waals surface area contributed by atoms with Gasteiger partial charge in [0.2, 0.25) is 5.91 Å². The van der Waals surface area contributed by atoms with E-state index in [1.807, 2.05) is 4.90 Å². The minimum Gasteiger partial charge on any atom is -0.376 e. The highest BCUT2D eigenvalue weighted by atomic mass is 16.5. The number of rotatable bonds is 6. The molecule has 0 bridgehead atoms. The molecule has 2 saturated heterocycles. The van der Waals surface area contributed by atoms with Crippen LogP contribution in [0, 0.1) is 17.8 Å². The molecule has 2 rings (SSSR count). The molecule has 4 nitrogen and oxygen atoms in total. The molecule has 122 valence electrons. The zero-order valence-electron chi connectivity index (χ0n) is 13.9. The molecular formula is C17H32N2O2. The van der Waals surface area contributed by atoms with E-state index >= 15 is 0 Å². The van der Waals surface area contributed by atoms with Crippen molar-refractivity contribution in [2.45, 2.75) is 52.6 Å². The Hall–Kier alpha value is -0.610. The van der Waals surface area contributed by atoms with Gasteiger partial charge in [0.05, 0.1) is 6.10 Å². The Balaban J connectivity index is 1.71. The third-order valence-electron chi connectivity index (χ3n) is 4.85. The molecule has 2 aliphatic heterocycles. The van der Waals surface area contributed by atoms with Crippen LogP contribution in [-0.4, -0.2) is 49.7 Å². The van der Waals surface area contributed by atoms with E-state index in [1.54, 1.807) is 0 Å². The third-order valence-corrected chi connectivity index (χ3v) is 4.85. The molecule has 0 aliphatic carbocycles. The van der Waals surface area contributed by atoms with E-state index in [1.165, 1.54) is 12.8 Å². The van der Waals surface area contributed by atoms with Gasteiger partial charge in [-0.25, -0.2) is 0 Å². The van der Waals surface area contributed by atoms with E-state index < -0.39 is 0 Å². The van der Waals surface area contributed by atoms with Crippen LogP contribution in [0.5, 0.6) is 0 Å². The summed E-state index contributed by atoms with van der Waals surface area (Å²) in [5.74, 6) is 2.12. The summed E-state index contributed by atoms with van der Waals surface area (Å²) in [4.78, 5) is 14.5. The van der Waals surface area contributed by atoms with Gasteiger partial charge in [0, 0.05) is 26.1 Å². The number of hydrogen-bond acceptors (Lipinski definition) is 3. The average molecular weight is 296 g/mol. The van der Waals surface area contributed by atoms with E-state index in [4.69, 9.17) is 4.74 Å². The summed E-state index contributed by atoms with van der Waals surface area (Å²) < 4.78 is 5.86. The molecule has 0 aromatic heterocycles. The van der Waals surface area contributed by atoms with Gasteiger partial charge in [0.25, 0.3) is 0 Å². The Morgan fingerprint density at radius 1 is 1.24 bits per heavy atom. The van der Waals surface area contributed by atoms with Crippen molar-refractivity contribution in [3.8, 4) is 0 Å². The summed E-state index contributed by atoms with van der Waals surface area (Å²) in [7, 11) is 0. The number of carbonyl (C=O) groups excluding carboxylic acids is 1. The van der Waals surface area contributed by atoms with Crippen molar-refractivity contribution in [1.29, 1.82) is 0 Å². The second-order valence-corrected chi connectivity index (χ2v) is 7.25. The fourth-order valence-electron chi connectivity index (χ4n) is 3.40. The number of nitrogens with zero attached hydrogens (tertiary/aromatic N) is 1. The van der Waals surface area contributed by atoms with E-state index in [2.05, 4.69) is 26.1 Å². The van der Waals surface area contributed by atoms with Gasteiger partial charge < -0.3 is 15.0 Å². The molecule has 0 aromatic carbocycles. The van der Waals surface area contributed by atoms with Gasteiger partial charge in [-0.2, -0.15) is 0 Å². The minimum absolute atomic E-state index is 0.255. The lowest BCUT2D eigenvalue weighted by molar-refractivity contribution is -0.132. The fraction of sp³-hybridized carbons (Fsp3) is 0.941. The van der Waals surface area contributed by atoms with E-state index in [-0.39, 0.29) is 6.10 Å². The Labute approximate surface area is 129 Å². The van der Waals surface area contributed by atoms with Crippen LogP contribution in [0.2, 0.25) is 0 Å². The molecule has 0 saturated carbocycles. The number of amides is 1. The quantitative estimate of drug-likeness (QED) is 0.817. The van der Waals surface area contributed by atoms with Crippen LogP contribution in [0.3, 0.4) is 0 Å². The first-order valence-electron chi connectivity index (χ1n) is 8.66. The molecule has 1 amide bonds. The summed E-state index contributed by atoms with van der Waals surface area (Å²) >= 11 is 0. The molecule has 2 unspecified atom stereocenters. The zero-order chi connectivity index (χ0) is 15.2. The molecule has 0 aromatic rings. The van der Waals surface area contributed by atoms with Gasteiger partial charge in [-0.05, 0) is 50.1 Å². The van der Waals surface area contributed by atoms with Crippen molar-refractivity contribution >= 4 is 5.91 Å². The van der Waals surface area contributed by atoms with Crippen LogP contribution in [0.25, 0.3) is 0 Å². The van der Waals surface area contributed by atoms with Gasteiger partial charge in [-0.1, -0.05) is 20.8 Å². The SMILES string of the molecule is CC(C)COC1CCN(C(=O)CC(C)C2CCNCC2)C1. The maximum atomic E-state index is 12.4. The van der Waals surface area contributed by atoms with Gasteiger partial charge >= 0.3 is 0 Å². The van der Waals surface area contributed by atoms with Crippen LogP contribution in [0.1, 0.15) is 46.5 Å². The predicted octanol–water partition coefficient (Wildman–Crippen LogP) is 2.29. The second-order valence-electron chi connectivity index (χ2n) is 7.25. The molecular weight excluding hydrogens is 264 g/mol. The summed E-state index contributed by atoms with van der Waals surface area (Å²) in [6.45, 7) is 11.3. The highest BCUT2D eigenvalue weighted by Crippen LogP contribution is 2.26.